The van der Waals surface area contributed by atoms with Crippen LogP contribution >= 0.6 is 0 Å². The summed E-state index contributed by atoms with van der Waals surface area (Å²) in [5, 5.41) is 7.95. The third-order valence-corrected chi connectivity index (χ3v) is 9.59. The van der Waals surface area contributed by atoms with Crippen molar-refractivity contribution in [3.63, 3.8) is 0 Å². The Morgan fingerprint density at radius 1 is 1.04 bits per heavy atom. The molecule has 12 nitrogen and oxygen atoms in total. The van der Waals surface area contributed by atoms with Crippen LogP contribution in [-0.2, 0) is 4.79 Å². The lowest BCUT2D eigenvalue weighted by molar-refractivity contribution is -0.128. The molecule has 2 aliphatic carbocycles. The number of H-pyrrole nitrogens is 1. The number of rotatable bonds is 6. The quantitative estimate of drug-likeness (QED) is 0.257. The highest BCUT2D eigenvalue weighted by atomic mass is 19.1. The van der Waals surface area contributed by atoms with Gasteiger partial charge in [-0.05, 0) is 64.7 Å². The first kappa shape index (κ1) is 29.2. The number of hydrogen-bond acceptors (Lipinski definition) is 9. The Bertz CT molecular complexity index is 2150. The fraction of sp³-hybridized carbons (Fsp3) is 0.382. The Kier molecular flexibility index (Phi) is 6.64. The zero-order chi connectivity index (χ0) is 32.7. The Morgan fingerprint density at radius 3 is 2.40 bits per heavy atom. The van der Waals surface area contributed by atoms with E-state index in [2.05, 4.69) is 21.8 Å². The monoisotopic (exact) mass is 634 g/mol. The van der Waals surface area contributed by atoms with E-state index in [4.69, 9.17) is 20.7 Å². The molecule has 0 bridgehead atoms. The van der Waals surface area contributed by atoms with Crippen molar-refractivity contribution in [2.75, 3.05) is 23.7 Å². The van der Waals surface area contributed by atoms with E-state index in [9.17, 15) is 9.59 Å². The number of hydrogen-bond donors (Lipinski definition) is 2. The van der Waals surface area contributed by atoms with Crippen LogP contribution in [-0.4, -0.2) is 70.7 Å². The molecule has 3 fully saturated rings. The highest BCUT2D eigenvalue weighted by Crippen LogP contribution is 2.48. The summed E-state index contributed by atoms with van der Waals surface area (Å²) in [5.74, 6) is 0.837. The number of nitrogens with two attached hydrogens (primary N) is 1. The van der Waals surface area contributed by atoms with Crippen LogP contribution in [0.3, 0.4) is 0 Å². The summed E-state index contributed by atoms with van der Waals surface area (Å²) in [4.78, 5) is 50.1. The summed E-state index contributed by atoms with van der Waals surface area (Å²) < 4.78 is 18.0. The number of aryl methyl sites for hydroxylation is 1. The maximum absolute atomic E-state index is 16.5. The van der Waals surface area contributed by atoms with Crippen molar-refractivity contribution in [2.45, 2.75) is 70.4 Å². The maximum atomic E-state index is 16.5. The van der Waals surface area contributed by atoms with Gasteiger partial charge in [0, 0.05) is 42.6 Å². The van der Waals surface area contributed by atoms with Crippen LogP contribution < -0.4 is 16.3 Å². The standard InChI is InChI=1S/C34H35FN10O2/c1-5-25(46)43-14-17(3)44(15-16(43)2)32-22-13-23(35)29(21-7-6-8-24-26(21)31(36)42-41-24)39-33(22)45(34(47)40-32)30-27(19-9-10-19)37-18(4)38-28(30)20-11-12-20/h5-8,13,16-17,19-20H,1,9-12,14-15H2,2-4H3,(H3,36,41,42)/t16-,17+/m1/s1. The smallest absolute Gasteiger partial charge is 0.355 e. The maximum Gasteiger partial charge on any atom is 0.355 e. The van der Waals surface area contributed by atoms with Gasteiger partial charge < -0.3 is 15.5 Å². The van der Waals surface area contributed by atoms with E-state index in [1.54, 1.807) is 17.0 Å². The molecule has 13 heteroatoms. The minimum Gasteiger partial charge on any atom is -0.382 e. The first-order valence-corrected chi connectivity index (χ1v) is 16.1. The lowest BCUT2D eigenvalue weighted by Crippen LogP contribution is -2.58. The SMILES string of the molecule is C=CC(=O)N1C[C@H](C)N(c2nc(=O)n(-c3c(C4CC4)nc(C)nc3C3CC3)c3nc(-c4cccc5[nH]nc(N)c45)c(F)cc23)C[C@H]1C. The van der Waals surface area contributed by atoms with Gasteiger partial charge >= 0.3 is 5.69 Å². The van der Waals surface area contributed by atoms with E-state index < -0.39 is 11.5 Å². The van der Waals surface area contributed by atoms with E-state index in [-0.39, 0.29) is 47.0 Å². The van der Waals surface area contributed by atoms with E-state index in [0.717, 1.165) is 37.1 Å². The first-order valence-electron chi connectivity index (χ1n) is 16.1. The second kappa shape index (κ2) is 10.7. The average Bonchev–Trinajstić information content (AvgIpc) is 3.99. The molecule has 0 unspecified atom stereocenters. The number of fused-ring (bicyclic) bond motifs is 2. The van der Waals surface area contributed by atoms with Crippen molar-refractivity contribution >= 4 is 39.5 Å². The third-order valence-electron chi connectivity index (χ3n) is 9.59. The van der Waals surface area contributed by atoms with Crippen molar-refractivity contribution < 1.29 is 9.18 Å². The van der Waals surface area contributed by atoms with E-state index in [1.165, 1.54) is 16.7 Å². The average molecular weight is 635 g/mol. The topological polar surface area (TPSA) is 152 Å². The van der Waals surface area contributed by atoms with Gasteiger partial charge in [-0.1, -0.05) is 18.7 Å². The molecule has 1 saturated heterocycles. The predicted molar refractivity (Wildman–Crippen MR) is 177 cm³/mol. The molecular formula is C34H35FN10O2. The number of anilines is 2. The molecule has 2 atom stereocenters. The van der Waals surface area contributed by atoms with E-state index >= 15 is 4.39 Å². The number of nitrogens with zero attached hydrogens (tertiary/aromatic N) is 8. The minimum absolute atomic E-state index is 0.0401. The van der Waals surface area contributed by atoms with Gasteiger partial charge in [-0.25, -0.2) is 28.7 Å². The van der Waals surface area contributed by atoms with Gasteiger partial charge in [-0.15, -0.1) is 0 Å². The molecule has 240 valence electrons. The van der Waals surface area contributed by atoms with Gasteiger partial charge in [-0.2, -0.15) is 10.1 Å². The van der Waals surface area contributed by atoms with Gasteiger partial charge in [0.15, 0.2) is 11.5 Å². The largest absolute Gasteiger partial charge is 0.382 e. The van der Waals surface area contributed by atoms with Crippen LogP contribution in [0.15, 0.2) is 41.7 Å². The summed E-state index contributed by atoms with van der Waals surface area (Å²) in [7, 11) is 0. The number of piperazine rings is 1. The normalized spacial score (nSPS) is 19.9. The molecule has 47 heavy (non-hydrogen) atoms. The number of amides is 1. The summed E-state index contributed by atoms with van der Waals surface area (Å²) in [5.41, 5.74) is 9.32. The number of pyridine rings is 1. The van der Waals surface area contributed by atoms with E-state index in [1.807, 2.05) is 31.7 Å². The van der Waals surface area contributed by atoms with Crippen LogP contribution in [0.2, 0.25) is 0 Å². The number of aromatic amines is 1. The number of benzene rings is 1. The molecule has 4 aromatic heterocycles. The summed E-state index contributed by atoms with van der Waals surface area (Å²) >= 11 is 0. The van der Waals surface area contributed by atoms with Crippen LogP contribution in [0, 0.1) is 12.7 Å². The van der Waals surface area contributed by atoms with Crippen LogP contribution in [0.25, 0.3) is 38.9 Å². The molecule has 2 saturated carbocycles. The number of aromatic nitrogens is 7. The molecule has 5 heterocycles. The molecule has 3 N–H and O–H groups in total. The fourth-order valence-corrected chi connectivity index (χ4v) is 6.98. The summed E-state index contributed by atoms with van der Waals surface area (Å²) in [6.45, 7) is 10.2. The van der Waals surface area contributed by atoms with E-state index in [0.29, 0.717) is 52.3 Å². The predicted octanol–water partition coefficient (Wildman–Crippen LogP) is 4.51. The van der Waals surface area contributed by atoms with Gasteiger partial charge in [0.25, 0.3) is 0 Å². The van der Waals surface area contributed by atoms with Crippen molar-refractivity contribution in [2.24, 2.45) is 0 Å². The molecule has 0 spiro atoms. The Hall–Kier alpha value is -5.20. The molecule has 8 rings (SSSR count). The van der Waals surface area contributed by atoms with Crippen molar-refractivity contribution in [3.8, 4) is 16.9 Å². The van der Waals surface area contributed by atoms with Crippen LogP contribution in [0.1, 0.15) is 68.6 Å². The molecule has 0 radical (unpaired) electrons. The number of nitrogen functional groups attached to an aromatic ring is 1. The highest BCUT2D eigenvalue weighted by Gasteiger charge is 2.38. The fourth-order valence-electron chi connectivity index (χ4n) is 6.98. The van der Waals surface area contributed by atoms with Crippen molar-refractivity contribution in [3.05, 3.63) is 70.4 Å². The zero-order valence-corrected chi connectivity index (χ0v) is 26.5. The second-order valence-corrected chi connectivity index (χ2v) is 13.1. The van der Waals surface area contributed by atoms with Crippen LogP contribution in [0.4, 0.5) is 16.0 Å². The second-order valence-electron chi connectivity index (χ2n) is 13.1. The van der Waals surface area contributed by atoms with Gasteiger partial charge in [0.05, 0.1) is 33.4 Å². The number of halogens is 1. The van der Waals surface area contributed by atoms with Gasteiger partial charge in [0.1, 0.15) is 23.2 Å². The van der Waals surface area contributed by atoms with Crippen molar-refractivity contribution in [1.82, 2.24) is 39.6 Å². The highest BCUT2D eigenvalue weighted by molar-refractivity contribution is 6.02. The third kappa shape index (κ3) is 4.74. The molecule has 3 aliphatic rings. The first-order chi connectivity index (χ1) is 22.6. The lowest BCUT2D eigenvalue weighted by Gasteiger charge is -2.44. The zero-order valence-electron chi connectivity index (χ0n) is 26.5. The number of carbonyl (C=O) groups excluding carboxylic acids is 1. The Balaban J connectivity index is 1.42. The number of nitrogens with one attached hydrogen (secondary N) is 1. The Morgan fingerprint density at radius 2 is 1.74 bits per heavy atom. The van der Waals surface area contributed by atoms with Gasteiger partial charge in [-0.3, -0.25) is 9.89 Å². The summed E-state index contributed by atoms with van der Waals surface area (Å²) in [6, 6.07) is 6.31. The molecule has 1 amide bonds. The van der Waals surface area contributed by atoms with Crippen LogP contribution in [0.5, 0.6) is 0 Å². The molecule has 1 aromatic carbocycles. The minimum atomic E-state index is -0.593. The summed E-state index contributed by atoms with van der Waals surface area (Å²) in [6.07, 6.45) is 5.15. The molecule has 5 aromatic rings. The molecule has 1 aliphatic heterocycles. The lowest BCUT2D eigenvalue weighted by atomic mass is 10.0. The van der Waals surface area contributed by atoms with Gasteiger partial charge in [0.2, 0.25) is 5.91 Å². The number of carbonyl (C=O) groups is 1. The van der Waals surface area contributed by atoms with Crippen molar-refractivity contribution in [1.29, 1.82) is 0 Å². The molecular weight excluding hydrogens is 599 g/mol. The Labute approximate surface area is 269 Å².